The van der Waals surface area contributed by atoms with Crippen LogP contribution in [0.4, 0.5) is 11.8 Å². The fourth-order valence-corrected chi connectivity index (χ4v) is 3.74. The van der Waals surface area contributed by atoms with Gasteiger partial charge in [-0.2, -0.15) is 0 Å². The number of hydrogen-bond acceptors (Lipinski definition) is 9. The molecule has 0 amide bonds. The minimum atomic E-state index is 0.0999. The minimum absolute atomic E-state index is 0.0999. The Morgan fingerprint density at radius 3 is 2.63 bits per heavy atom. The zero-order chi connectivity index (χ0) is 20.8. The van der Waals surface area contributed by atoms with Crippen molar-refractivity contribution in [1.82, 2.24) is 24.9 Å². The van der Waals surface area contributed by atoms with Crippen LogP contribution in [0, 0.1) is 13.8 Å². The van der Waals surface area contributed by atoms with E-state index >= 15 is 0 Å². The molecule has 0 saturated carbocycles. The van der Waals surface area contributed by atoms with Gasteiger partial charge in [0, 0.05) is 18.8 Å². The van der Waals surface area contributed by atoms with Gasteiger partial charge in [-0.15, -0.1) is 0 Å². The number of pyridine rings is 1. The zero-order valence-corrected chi connectivity index (χ0v) is 17.4. The Morgan fingerprint density at radius 1 is 1.13 bits per heavy atom. The van der Waals surface area contributed by atoms with E-state index < -0.39 is 0 Å². The number of aryl methyl sites for hydroxylation is 2. The van der Waals surface area contributed by atoms with Gasteiger partial charge in [0.15, 0.2) is 17.2 Å². The molecule has 0 radical (unpaired) electrons. The van der Waals surface area contributed by atoms with E-state index in [2.05, 4.69) is 35.1 Å². The maximum Gasteiger partial charge on any atom is 0.229 e. The van der Waals surface area contributed by atoms with E-state index in [9.17, 15) is 0 Å². The number of ether oxygens (including phenoxy) is 1. The summed E-state index contributed by atoms with van der Waals surface area (Å²) in [5, 5.41) is 4.40. The van der Waals surface area contributed by atoms with Crippen LogP contribution >= 0.6 is 0 Å². The summed E-state index contributed by atoms with van der Waals surface area (Å²) >= 11 is 0. The van der Waals surface area contributed by atoms with Gasteiger partial charge in [0.1, 0.15) is 11.8 Å². The van der Waals surface area contributed by atoms with Crippen LogP contribution < -0.4 is 15.0 Å². The van der Waals surface area contributed by atoms with Crippen molar-refractivity contribution in [1.29, 1.82) is 0 Å². The largest absolute Gasteiger partial charge is 0.488 e. The van der Waals surface area contributed by atoms with E-state index in [1.54, 1.807) is 18.7 Å². The van der Waals surface area contributed by atoms with Crippen molar-refractivity contribution in [3.63, 3.8) is 0 Å². The van der Waals surface area contributed by atoms with Gasteiger partial charge in [0.25, 0.3) is 0 Å². The SMILES string of the molecule is Cc1cc(C)c2c(n1)oc1c(NC3CN(c4ncc(OC(C)C)cn4)C3)ncnc12. The Bertz CT molecular complexity index is 1210. The van der Waals surface area contributed by atoms with Gasteiger partial charge >= 0.3 is 0 Å². The van der Waals surface area contributed by atoms with Crippen LogP contribution in [0.1, 0.15) is 25.1 Å². The fraction of sp³-hybridized carbons (Fsp3) is 0.381. The molecule has 0 bridgehead atoms. The van der Waals surface area contributed by atoms with Crippen molar-refractivity contribution >= 4 is 34.0 Å². The number of hydrogen-bond donors (Lipinski definition) is 1. The van der Waals surface area contributed by atoms with E-state index in [-0.39, 0.29) is 12.1 Å². The van der Waals surface area contributed by atoms with Gasteiger partial charge in [-0.25, -0.2) is 24.9 Å². The highest BCUT2D eigenvalue weighted by Gasteiger charge is 2.30. The number of anilines is 2. The lowest BCUT2D eigenvalue weighted by molar-refractivity contribution is 0.240. The van der Waals surface area contributed by atoms with Gasteiger partial charge in [-0.05, 0) is 39.3 Å². The van der Waals surface area contributed by atoms with E-state index in [0.717, 1.165) is 35.2 Å². The first-order valence-corrected chi connectivity index (χ1v) is 9.99. The van der Waals surface area contributed by atoms with Crippen LogP contribution in [0.2, 0.25) is 0 Å². The molecule has 1 saturated heterocycles. The van der Waals surface area contributed by atoms with Crippen LogP contribution in [0.25, 0.3) is 22.2 Å². The molecule has 154 valence electrons. The molecule has 1 aliphatic heterocycles. The lowest BCUT2D eigenvalue weighted by Crippen LogP contribution is -2.55. The van der Waals surface area contributed by atoms with Crippen molar-refractivity contribution < 1.29 is 9.15 Å². The van der Waals surface area contributed by atoms with Gasteiger partial charge in [0.2, 0.25) is 11.7 Å². The number of aromatic nitrogens is 5. The van der Waals surface area contributed by atoms with Crippen LogP contribution in [0.3, 0.4) is 0 Å². The maximum atomic E-state index is 6.02. The summed E-state index contributed by atoms with van der Waals surface area (Å²) in [5.41, 5.74) is 4.03. The Morgan fingerprint density at radius 2 is 1.90 bits per heavy atom. The Hall–Kier alpha value is -3.49. The molecule has 1 fully saturated rings. The van der Waals surface area contributed by atoms with Gasteiger partial charge in [0.05, 0.1) is 29.9 Å². The summed E-state index contributed by atoms with van der Waals surface area (Å²) in [6, 6.07) is 2.25. The summed E-state index contributed by atoms with van der Waals surface area (Å²) in [6.07, 6.45) is 5.08. The van der Waals surface area contributed by atoms with Crippen molar-refractivity contribution in [2.24, 2.45) is 0 Å². The molecule has 0 atom stereocenters. The molecule has 0 aliphatic carbocycles. The molecule has 4 aromatic rings. The summed E-state index contributed by atoms with van der Waals surface area (Å²) in [5.74, 6) is 2.05. The van der Waals surface area contributed by atoms with Crippen molar-refractivity contribution in [2.45, 2.75) is 39.8 Å². The summed E-state index contributed by atoms with van der Waals surface area (Å²) in [4.78, 5) is 24.2. The van der Waals surface area contributed by atoms with E-state index in [4.69, 9.17) is 9.15 Å². The second-order valence-corrected chi connectivity index (χ2v) is 7.89. The number of rotatable bonds is 5. The minimum Gasteiger partial charge on any atom is -0.488 e. The number of nitrogens with zero attached hydrogens (tertiary/aromatic N) is 6. The number of nitrogens with one attached hydrogen (secondary N) is 1. The molecular formula is C21H23N7O2. The van der Waals surface area contributed by atoms with Crippen LogP contribution in [0.5, 0.6) is 5.75 Å². The predicted octanol–water partition coefficient (Wildman–Crippen LogP) is 3.27. The summed E-state index contributed by atoms with van der Waals surface area (Å²) in [6.45, 7) is 9.49. The fourth-order valence-electron chi connectivity index (χ4n) is 3.74. The molecule has 1 N–H and O–H groups in total. The topological polar surface area (TPSA) is 102 Å². The van der Waals surface area contributed by atoms with E-state index in [1.165, 1.54) is 0 Å². The molecule has 9 heteroatoms. The van der Waals surface area contributed by atoms with Crippen molar-refractivity contribution in [3.05, 3.63) is 36.0 Å². The number of fused-ring (bicyclic) bond motifs is 3. The lowest BCUT2D eigenvalue weighted by atomic mass is 10.1. The van der Waals surface area contributed by atoms with E-state index in [1.807, 2.05) is 33.8 Å². The molecule has 30 heavy (non-hydrogen) atoms. The predicted molar refractivity (Wildman–Crippen MR) is 114 cm³/mol. The molecule has 5 heterocycles. The maximum absolute atomic E-state index is 6.02. The smallest absolute Gasteiger partial charge is 0.229 e. The average Bonchev–Trinajstić information content (AvgIpc) is 3.04. The Balaban J connectivity index is 1.32. The highest BCUT2D eigenvalue weighted by Crippen LogP contribution is 2.33. The van der Waals surface area contributed by atoms with Gasteiger partial charge in [-0.3, -0.25) is 0 Å². The van der Waals surface area contributed by atoms with Crippen molar-refractivity contribution in [2.75, 3.05) is 23.3 Å². The van der Waals surface area contributed by atoms with Crippen molar-refractivity contribution in [3.8, 4) is 5.75 Å². The highest BCUT2D eigenvalue weighted by atomic mass is 16.5. The molecule has 0 unspecified atom stereocenters. The standard InChI is InChI=1S/C21H23N7O2/c1-11(2)29-15-6-22-21(23-7-15)28-8-14(9-28)27-19-18-17(24-10-25-19)16-12(3)5-13(4)26-20(16)30-18/h5-7,10-11,14H,8-9H2,1-4H3,(H,24,25,27). The molecular weight excluding hydrogens is 382 g/mol. The molecule has 5 rings (SSSR count). The molecule has 0 aromatic carbocycles. The van der Waals surface area contributed by atoms with Crippen LogP contribution in [0.15, 0.2) is 29.2 Å². The average molecular weight is 405 g/mol. The molecule has 9 nitrogen and oxygen atoms in total. The monoisotopic (exact) mass is 405 g/mol. The van der Waals surface area contributed by atoms with Crippen LogP contribution in [-0.2, 0) is 0 Å². The Labute approximate surface area is 173 Å². The quantitative estimate of drug-likeness (QED) is 0.536. The van der Waals surface area contributed by atoms with E-state index in [0.29, 0.717) is 28.8 Å². The highest BCUT2D eigenvalue weighted by molar-refractivity contribution is 6.05. The summed E-state index contributed by atoms with van der Waals surface area (Å²) < 4.78 is 11.6. The summed E-state index contributed by atoms with van der Waals surface area (Å²) in [7, 11) is 0. The molecule has 0 spiro atoms. The molecule has 1 aliphatic rings. The third-order valence-corrected chi connectivity index (χ3v) is 5.04. The third kappa shape index (κ3) is 3.26. The second-order valence-electron chi connectivity index (χ2n) is 7.89. The zero-order valence-electron chi connectivity index (χ0n) is 17.4. The first-order valence-electron chi connectivity index (χ1n) is 9.99. The normalized spacial score (nSPS) is 14.5. The third-order valence-electron chi connectivity index (χ3n) is 5.04. The van der Waals surface area contributed by atoms with Crippen LogP contribution in [-0.4, -0.2) is 50.2 Å². The Kier molecular flexibility index (Phi) is 4.38. The lowest BCUT2D eigenvalue weighted by Gasteiger charge is -2.39. The second kappa shape index (κ2) is 7.08. The number of furan rings is 1. The first kappa shape index (κ1) is 18.5. The van der Waals surface area contributed by atoms with Gasteiger partial charge in [-0.1, -0.05) is 0 Å². The first-order chi connectivity index (χ1) is 14.5. The van der Waals surface area contributed by atoms with Gasteiger partial charge < -0.3 is 19.4 Å². The molecule has 4 aromatic heterocycles.